The average Bonchev–Trinajstić information content (AvgIpc) is 2.81. The molecule has 0 spiro atoms. The molecule has 0 radical (unpaired) electrons. The predicted octanol–water partition coefficient (Wildman–Crippen LogP) is 1.40. The number of hydrogen-bond donors (Lipinski definition) is 2. The highest BCUT2D eigenvalue weighted by Crippen LogP contribution is 2.46. The lowest BCUT2D eigenvalue weighted by molar-refractivity contribution is -0.0382. The van der Waals surface area contributed by atoms with Gasteiger partial charge in [0.1, 0.15) is 5.82 Å². The van der Waals surface area contributed by atoms with Gasteiger partial charge < -0.3 is 15.2 Å². The van der Waals surface area contributed by atoms with Gasteiger partial charge in [-0.05, 0) is 12.8 Å². The summed E-state index contributed by atoms with van der Waals surface area (Å²) >= 11 is 0. The Morgan fingerprint density at radius 1 is 1.58 bits per heavy atom. The Morgan fingerprint density at radius 2 is 2.42 bits per heavy atom. The summed E-state index contributed by atoms with van der Waals surface area (Å²) in [6.45, 7) is 2.97. The second-order valence-electron chi connectivity index (χ2n) is 5.12. The van der Waals surface area contributed by atoms with Gasteiger partial charge in [-0.3, -0.25) is 4.98 Å². The zero-order chi connectivity index (χ0) is 13.4. The van der Waals surface area contributed by atoms with Gasteiger partial charge in [-0.2, -0.15) is 0 Å². The van der Waals surface area contributed by atoms with E-state index in [1.165, 1.54) is 6.20 Å². The molecule has 1 aliphatic heterocycles. The van der Waals surface area contributed by atoms with E-state index < -0.39 is 5.97 Å². The van der Waals surface area contributed by atoms with Gasteiger partial charge in [-0.15, -0.1) is 0 Å². The maximum atomic E-state index is 10.9. The first-order chi connectivity index (χ1) is 9.20. The lowest BCUT2D eigenvalue weighted by atomic mass is 9.66. The number of aromatic nitrogens is 2. The molecule has 1 aliphatic carbocycles. The molecule has 0 amide bonds. The lowest BCUT2D eigenvalue weighted by Crippen LogP contribution is -2.56. The summed E-state index contributed by atoms with van der Waals surface area (Å²) in [6.07, 6.45) is 5.30. The zero-order valence-corrected chi connectivity index (χ0v) is 10.7. The quantitative estimate of drug-likeness (QED) is 0.854. The average molecular weight is 263 g/mol. The van der Waals surface area contributed by atoms with Crippen LogP contribution in [0.2, 0.25) is 0 Å². The molecule has 4 atom stereocenters. The number of carboxylic acids is 1. The zero-order valence-electron chi connectivity index (χ0n) is 10.7. The van der Waals surface area contributed by atoms with E-state index in [1.807, 2.05) is 0 Å². The Bertz CT molecular complexity index is 494. The van der Waals surface area contributed by atoms with Crippen LogP contribution in [-0.4, -0.2) is 39.8 Å². The van der Waals surface area contributed by atoms with Crippen LogP contribution in [-0.2, 0) is 4.74 Å². The molecular formula is C13H17N3O3. The number of nitrogens with zero attached hydrogens (tertiary/aromatic N) is 2. The summed E-state index contributed by atoms with van der Waals surface area (Å²) in [6, 6.07) is 0.316. The normalized spacial score (nSPS) is 32.5. The minimum atomic E-state index is -1.06. The van der Waals surface area contributed by atoms with Gasteiger partial charge in [-0.25, -0.2) is 9.78 Å². The second kappa shape index (κ2) is 4.77. The minimum Gasteiger partial charge on any atom is -0.476 e. The fraction of sp³-hybridized carbons (Fsp3) is 0.615. The highest BCUT2D eigenvalue weighted by Gasteiger charge is 2.52. The summed E-state index contributed by atoms with van der Waals surface area (Å²) in [5.41, 5.74) is -0.0309. The fourth-order valence-corrected chi connectivity index (χ4v) is 3.24. The van der Waals surface area contributed by atoms with Crippen LogP contribution in [0.3, 0.4) is 0 Å². The molecule has 1 aromatic heterocycles. The predicted molar refractivity (Wildman–Crippen MR) is 68.0 cm³/mol. The number of rotatable bonds is 4. The summed E-state index contributed by atoms with van der Waals surface area (Å²) in [5.74, 6) is 0.468. The number of nitrogens with one attached hydrogen (secondary N) is 1. The van der Waals surface area contributed by atoms with Crippen LogP contribution < -0.4 is 5.32 Å². The third-order valence-corrected chi connectivity index (χ3v) is 4.17. The van der Waals surface area contributed by atoms with Gasteiger partial charge in [-0.1, -0.05) is 6.92 Å². The molecule has 0 unspecified atom stereocenters. The van der Waals surface area contributed by atoms with Crippen molar-refractivity contribution in [1.29, 1.82) is 0 Å². The van der Waals surface area contributed by atoms with Crippen LogP contribution in [0.25, 0.3) is 0 Å². The van der Waals surface area contributed by atoms with Crippen LogP contribution in [0.5, 0.6) is 0 Å². The fourth-order valence-electron chi connectivity index (χ4n) is 3.24. The standard InChI is InChI=1S/C13H17N3O3/c1-2-7-11(8-3-4-19-12(7)8)16-10-6-14-5-9(15-10)13(17)18/h5-8,11-12H,2-4H2,1H3,(H,15,16)(H,17,18)/t7-,8+,11-,12-/m0/s1. The number of carbonyl (C=O) groups is 1. The molecule has 1 aromatic rings. The maximum absolute atomic E-state index is 10.9. The van der Waals surface area contributed by atoms with Crippen molar-refractivity contribution < 1.29 is 14.6 Å². The number of hydrogen-bond acceptors (Lipinski definition) is 5. The van der Waals surface area contributed by atoms with E-state index in [1.54, 1.807) is 6.20 Å². The molecule has 1 saturated carbocycles. The van der Waals surface area contributed by atoms with Crippen LogP contribution in [0, 0.1) is 11.8 Å². The molecule has 2 heterocycles. The van der Waals surface area contributed by atoms with Gasteiger partial charge in [0.15, 0.2) is 5.69 Å². The highest BCUT2D eigenvalue weighted by atomic mass is 16.5. The van der Waals surface area contributed by atoms with Crippen molar-refractivity contribution >= 4 is 11.8 Å². The van der Waals surface area contributed by atoms with Gasteiger partial charge in [0.25, 0.3) is 0 Å². The van der Waals surface area contributed by atoms with Gasteiger partial charge >= 0.3 is 5.97 Å². The van der Waals surface area contributed by atoms with E-state index >= 15 is 0 Å². The van der Waals surface area contributed by atoms with E-state index in [2.05, 4.69) is 22.2 Å². The minimum absolute atomic E-state index is 0.0309. The van der Waals surface area contributed by atoms with Gasteiger partial charge in [0, 0.05) is 24.5 Å². The van der Waals surface area contributed by atoms with Crippen molar-refractivity contribution in [3.05, 3.63) is 18.1 Å². The Balaban J connectivity index is 1.74. The number of fused-ring (bicyclic) bond motifs is 1. The van der Waals surface area contributed by atoms with Crippen molar-refractivity contribution in [2.24, 2.45) is 11.8 Å². The van der Waals surface area contributed by atoms with Crippen LogP contribution in [0.1, 0.15) is 30.3 Å². The molecule has 2 fully saturated rings. The number of ether oxygens (including phenoxy) is 1. The summed E-state index contributed by atoms with van der Waals surface area (Å²) in [4.78, 5) is 18.9. The van der Waals surface area contributed by atoms with Crippen LogP contribution >= 0.6 is 0 Å². The van der Waals surface area contributed by atoms with E-state index in [9.17, 15) is 4.79 Å². The van der Waals surface area contributed by atoms with Crippen molar-refractivity contribution in [1.82, 2.24) is 9.97 Å². The molecule has 3 rings (SSSR count). The first-order valence-corrected chi connectivity index (χ1v) is 6.64. The summed E-state index contributed by atoms with van der Waals surface area (Å²) < 4.78 is 5.72. The SMILES string of the molecule is CC[C@H]1[C@H](Nc2cncc(C(=O)O)n2)[C@H]2CCO[C@H]21. The van der Waals surface area contributed by atoms with Crippen molar-refractivity contribution in [2.45, 2.75) is 31.9 Å². The van der Waals surface area contributed by atoms with Gasteiger partial charge in [0.05, 0.1) is 18.5 Å². The van der Waals surface area contributed by atoms with Crippen molar-refractivity contribution in [2.75, 3.05) is 11.9 Å². The maximum Gasteiger partial charge on any atom is 0.356 e. The summed E-state index contributed by atoms with van der Waals surface area (Å²) in [5, 5.41) is 12.2. The molecule has 2 N–H and O–H groups in total. The third-order valence-electron chi connectivity index (χ3n) is 4.17. The Morgan fingerprint density at radius 3 is 3.16 bits per heavy atom. The highest BCUT2D eigenvalue weighted by molar-refractivity contribution is 5.85. The van der Waals surface area contributed by atoms with E-state index in [-0.39, 0.29) is 5.69 Å². The molecule has 1 saturated heterocycles. The summed E-state index contributed by atoms with van der Waals surface area (Å²) in [7, 11) is 0. The van der Waals surface area contributed by atoms with E-state index in [0.717, 1.165) is 19.4 Å². The third kappa shape index (κ3) is 2.06. The van der Waals surface area contributed by atoms with Crippen LogP contribution in [0.15, 0.2) is 12.4 Å². The van der Waals surface area contributed by atoms with E-state index in [0.29, 0.717) is 29.8 Å². The molecular weight excluding hydrogens is 246 g/mol. The molecule has 2 aliphatic rings. The van der Waals surface area contributed by atoms with E-state index in [4.69, 9.17) is 9.84 Å². The molecule has 0 aromatic carbocycles. The van der Waals surface area contributed by atoms with Crippen molar-refractivity contribution in [3.8, 4) is 0 Å². The second-order valence-corrected chi connectivity index (χ2v) is 5.12. The Kier molecular flexibility index (Phi) is 3.10. The van der Waals surface area contributed by atoms with Gasteiger partial charge in [0.2, 0.25) is 0 Å². The molecule has 19 heavy (non-hydrogen) atoms. The first kappa shape index (κ1) is 12.3. The molecule has 6 heteroatoms. The number of carboxylic acid groups (broad SMARTS) is 1. The first-order valence-electron chi connectivity index (χ1n) is 6.64. The molecule has 0 bridgehead atoms. The molecule has 102 valence electrons. The number of aromatic carboxylic acids is 1. The monoisotopic (exact) mass is 263 g/mol. The lowest BCUT2D eigenvalue weighted by Gasteiger charge is -2.47. The van der Waals surface area contributed by atoms with Crippen molar-refractivity contribution in [3.63, 3.8) is 0 Å². The largest absolute Gasteiger partial charge is 0.476 e. The van der Waals surface area contributed by atoms with Crippen LogP contribution in [0.4, 0.5) is 5.82 Å². The Hall–Kier alpha value is -1.69. The molecule has 6 nitrogen and oxygen atoms in total. The Labute approximate surface area is 111 Å². The number of anilines is 1. The topological polar surface area (TPSA) is 84.3 Å². The smallest absolute Gasteiger partial charge is 0.356 e.